The van der Waals surface area contributed by atoms with Crippen LogP contribution in [0.4, 0.5) is 26.3 Å². The quantitative estimate of drug-likeness (QED) is 0.190. The lowest BCUT2D eigenvalue weighted by Crippen LogP contribution is -2.34. The number of hydrogen-bond donors (Lipinski definition) is 1. The second-order valence-corrected chi connectivity index (χ2v) is 10.5. The minimum absolute atomic E-state index is 0.0456. The summed E-state index contributed by atoms with van der Waals surface area (Å²) in [6, 6.07) is 12.9. The topological polar surface area (TPSA) is 111 Å². The number of nitrogens with zero attached hydrogens (tertiary/aromatic N) is 3. The molecule has 1 saturated carbocycles. The number of aliphatic carboxylic acids is 1. The number of ether oxygens (including phenoxy) is 1. The number of ketones is 1. The molecule has 4 aromatic rings. The molecule has 1 fully saturated rings. The zero-order valence-corrected chi connectivity index (χ0v) is 22.6. The number of Topliss-reactive ketones (excluding diaryl/α,β-unsaturated/α-hetero) is 1. The smallest absolute Gasteiger partial charge is 0.416 e. The number of fused-ring (bicyclic) bond motifs is 1. The van der Waals surface area contributed by atoms with Crippen LogP contribution in [0, 0.1) is 17.8 Å². The maximum atomic E-state index is 13.3. The fourth-order valence-corrected chi connectivity index (χ4v) is 5.48. The molecule has 0 aliphatic heterocycles. The number of carboxylic acid groups (broad SMARTS) is 1. The summed E-state index contributed by atoms with van der Waals surface area (Å²) in [6.07, 6.45) is -8.76. The highest BCUT2D eigenvalue weighted by Crippen LogP contribution is 2.40. The fraction of sp³-hybridized carbons (Fsp3) is 0.300. The number of hydrogen-bond acceptors (Lipinski definition) is 6. The van der Waals surface area contributed by atoms with Gasteiger partial charge in [0.2, 0.25) is 0 Å². The average Bonchev–Trinajstić information content (AvgIpc) is 3.40. The molecule has 0 amide bonds. The molecule has 3 atom stereocenters. The van der Waals surface area contributed by atoms with Crippen molar-refractivity contribution in [1.29, 1.82) is 0 Å². The van der Waals surface area contributed by atoms with Crippen LogP contribution in [0.1, 0.15) is 39.9 Å². The van der Waals surface area contributed by atoms with E-state index in [1.165, 1.54) is 36.4 Å². The number of alkyl halides is 6. The van der Waals surface area contributed by atoms with Gasteiger partial charge in [-0.15, -0.1) is 5.10 Å². The molecule has 5 rings (SSSR count). The van der Waals surface area contributed by atoms with Gasteiger partial charge < -0.3 is 9.84 Å². The standard InChI is InChI=1S/C30H23F6N3O5/c31-29(32,33)19-3-1-2-16(12-19)15-44-21-8-4-17(5-9-21)26(40)22-10-6-18(25(22)28(42)43)14-39-27(41)23-13-20(30(34,35)36)7-11-24(23)37-38-39/h1-5,7-9,11-13,18,22,25H,6,10,14-15H2,(H,42,43)/t18-,22-,25-/m0/s1. The van der Waals surface area contributed by atoms with Crippen molar-refractivity contribution in [2.24, 2.45) is 17.8 Å². The van der Waals surface area contributed by atoms with Gasteiger partial charge in [0.1, 0.15) is 17.9 Å². The van der Waals surface area contributed by atoms with Crippen molar-refractivity contribution in [1.82, 2.24) is 15.0 Å². The molecule has 0 unspecified atom stereocenters. The van der Waals surface area contributed by atoms with Crippen LogP contribution >= 0.6 is 0 Å². The van der Waals surface area contributed by atoms with E-state index in [0.717, 1.165) is 28.9 Å². The number of halogens is 6. The van der Waals surface area contributed by atoms with Gasteiger partial charge in [0.25, 0.3) is 5.56 Å². The molecule has 230 valence electrons. The molecule has 3 aromatic carbocycles. The minimum Gasteiger partial charge on any atom is -0.489 e. The SMILES string of the molecule is O=C(O)[C@H]1[C@H](Cn2nnc3ccc(C(F)(F)F)cc3c2=O)CC[C@@H]1C(=O)c1ccc(OCc2cccc(C(F)(F)F)c2)cc1. The van der Waals surface area contributed by atoms with Crippen LogP contribution in [0.25, 0.3) is 10.9 Å². The van der Waals surface area contributed by atoms with Crippen LogP contribution < -0.4 is 10.3 Å². The molecule has 0 spiro atoms. The average molecular weight is 620 g/mol. The van der Waals surface area contributed by atoms with Crippen LogP contribution in [0.3, 0.4) is 0 Å². The predicted octanol–water partition coefficient (Wildman–Crippen LogP) is 6.02. The van der Waals surface area contributed by atoms with E-state index in [2.05, 4.69) is 10.3 Å². The number of rotatable bonds is 8. The summed E-state index contributed by atoms with van der Waals surface area (Å²) in [6.45, 7) is -0.418. The summed E-state index contributed by atoms with van der Waals surface area (Å²) in [5.41, 5.74) is -2.27. The monoisotopic (exact) mass is 619 g/mol. The molecule has 0 radical (unpaired) electrons. The van der Waals surface area contributed by atoms with Gasteiger partial charge in [-0.25, -0.2) is 4.68 Å². The highest BCUT2D eigenvalue weighted by Gasteiger charge is 2.45. The molecular formula is C30H23F6N3O5. The Hall–Kier alpha value is -4.75. The summed E-state index contributed by atoms with van der Waals surface area (Å²) < 4.78 is 84.7. The lowest BCUT2D eigenvalue weighted by molar-refractivity contribution is -0.144. The molecule has 1 N–H and O–H groups in total. The molecule has 1 heterocycles. The van der Waals surface area contributed by atoms with Gasteiger partial charge in [0, 0.05) is 11.5 Å². The van der Waals surface area contributed by atoms with Gasteiger partial charge in [-0.3, -0.25) is 14.4 Å². The number of aromatic nitrogens is 3. The summed E-state index contributed by atoms with van der Waals surface area (Å²) in [5, 5.41) is 17.3. The Morgan fingerprint density at radius 1 is 0.909 bits per heavy atom. The fourth-order valence-electron chi connectivity index (χ4n) is 5.48. The second-order valence-electron chi connectivity index (χ2n) is 10.5. The summed E-state index contributed by atoms with van der Waals surface area (Å²) in [5.74, 6) is -4.34. The first-order valence-corrected chi connectivity index (χ1v) is 13.3. The summed E-state index contributed by atoms with van der Waals surface area (Å²) in [7, 11) is 0. The predicted molar refractivity (Wildman–Crippen MR) is 143 cm³/mol. The summed E-state index contributed by atoms with van der Waals surface area (Å²) in [4.78, 5) is 38.6. The van der Waals surface area contributed by atoms with E-state index in [1.807, 2.05) is 0 Å². The molecule has 1 aliphatic carbocycles. The first-order valence-electron chi connectivity index (χ1n) is 13.3. The lowest BCUT2D eigenvalue weighted by Gasteiger charge is -2.20. The largest absolute Gasteiger partial charge is 0.489 e. The Morgan fingerprint density at radius 2 is 1.59 bits per heavy atom. The molecule has 0 bridgehead atoms. The van der Waals surface area contributed by atoms with Crippen LogP contribution in [0.5, 0.6) is 5.75 Å². The number of benzene rings is 3. The van der Waals surface area contributed by atoms with Crippen molar-refractivity contribution < 1.29 is 45.8 Å². The highest BCUT2D eigenvalue weighted by atomic mass is 19.4. The Kier molecular flexibility index (Phi) is 8.19. The normalized spacial score (nSPS) is 18.8. The van der Waals surface area contributed by atoms with Gasteiger partial charge in [-0.05, 0) is 78.9 Å². The van der Waals surface area contributed by atoms with E-state index in [1.54, 1.807) is 0 Å². The highest BCUT2D eigenvalue weighted by molar-refractivity contribution is 6.00. The van der Waals surface area contributed by atoms with Crippen LogP contribution in [0.2, 0.25) is 0 Å². The third-order valence-corrected chi connectivity index (χ3v) is 7.67. The van der Waals surface area contributed by atoms with Crippen molar-refractivity contribution in [2.45, 2.75) is 38.3 Å². The molecule has 1 aromatic heterocycles. The van der Waals surface area contributed by atoms with Crippen molar-refractivity contribution in [3.8, 4) is 5.75 Å². The second kappa shape index (κ2) is 11.7. The van der Waals surface area contributed by atoms with E-state index in [-0.39, 0.29) is 53.8 Å². The molecule has 1 aliphatic rings. The maximum absolute atomic E-state index is 13.3. The third-order valence-electron chi connectivity index (χ3n) is 7.67. The van der Waals surface area contributed by atoms with Crippen LogP contribution in [-0.4, -0.2) is 31.9 Å². The molecule has 0 saturated heterocycles. The Labute approximate surface area is 244 Å². The van der Waals surface area contributed by atoms with E-state index < -0.39 is 58.5 Å². The molecular weight excluding hydrogens is 596 g/mol. The molecule has 8 nitrogen and oxygen atoms in total. The van der Waals surface area contributed by atoms with E-state index >= 15 is 0 Å². The van der Waals surface area contributed by atoms with Crippen LogP contribution in [0.15, 0.2) is 71.5 Å². The zero-order chi connectivity index (χ0) is 31.8. The van der Waals surface area contributed by atoms with E-state index in [0.29, 0.717) is 6.07 Å². The minimum atomic E-state index is -4.69. The first-order chi connectivity index (χ1) is 20.7. The van der Waals surface area contributed by atoms with Gasteiger partial charge in [-0.2, -0.15) is 26.3 Å². The third kappa shape index (κ3) is 6.43. The van der Waals surface area contributed by atoms with Gasteiger partial charge in [0.05, 0.1) is 29.0 Å². The van der Waals surface area contributed by atoms with Gasteiger partial charge in [-0.1, -0.05) is 17.3 Å². The molecule has 44 heavy (non-hydrogen) atoms. The maximum Gasteiger partial charge on any atom is 0.416 e. The van der Waals surface area contributed by atoms with E-state index in [9.17, 15) is 45.8 Å². The Morgan fingerprint density at radius 3 is 2.25 bits per heavy atom. The first kappa shape index (κ1) is 30.7. The Bertz CT molecular complexity index is 1770. The van der Waals surface area contributed by atoms with Gasteiger partial charge in [0.15, 0.2) is 5.78 Å². The van der Waals surface area contributed by atoms with Crippen molar-refractivity contribution in [3.05, 3.63) is 99.3 Å². The number of carbonyl (C=O) groups excluding carboxylic acids is 1. The summed E-state index contributed by atoms with van der Waals surface area (Å²) >= 11 is 0. The Balaban J connectivity index is 1.29. The lowest BCUT2D eigenvalue weighted by atomic mass is 9.84. The van der Waals surface area contributed by atoms with E-state index in [4.69, 9.17) is 4.74 Å². The van der Waals surface area contributed by atoms with Crippen LogP contribution in [-0.2, 0) is 30.3 Å². The van der Waals surface area contributed by atoms with Gasteiger partial charge >= 0.3 is 18.3 Å². The van der Waals surface area contributed by atoms with Crippen molar-refractivity contribution >= 4 is 22.7 Å². The molecule has 14 heteroatoms. The van der Waals surface area contributed by atoms with Crippen molar-refractivity contribution in [3.63, 3.8) is 0 Å². The number of carboxylic acids is 1. The number of carbonyl (C=O) groups is 2. The van der Waals surface area contributed by atoms with Crippen molar-refractivity contribution in [2.75, 3.05) is 0 Å². The zero-order valence-electron chi connectivity index (χ0n) is 22.6.